The average molecular weight is 281 g/mol. The van der Waals surface area contributed by atoms with Gasteiger partial charge in [-0.3, -0.25) is 9.59 Å². The van der Waals surface area contributed by atoms with Crippen molar-refractivity contribution in [3.63, 3.8) is 0 Å². The predicted octanol–water partition coefficient (Wildman–Crippen LogP) is 0.829. The first kappa shape index (κ1) is 15.3. The fourth-order valence-electron chi connectivity index (χ4n) is 3.53. The Morgan fingerprint density at radius 1 is 1.45 bits per heavy atom. The van der Waals surface area contributed by atoms with Gasteiger partial charge in [-0.15, -0.1) is 0 Å². The number of nitrogens with two attached hydrogens (primary N) is 1. The molecular formula is C15H27N3O2. The predicted molar refractivity (Wildman–Crippen MR) is 77.9 cm³/mol. The molecule has 0 saturated carbocycles. The Balaban J connectivity index is 2.13. The Morgan fingerprint density at radius 3 is 2.60 bits per heavy atom. The largest absolute Gasteiger partial charge is 0.338 e. The van der Waals surface area contributed by atoms with Crippen LogP contribution in [0.5, 0.6) is 0 Å². The first-order chi connectivity index (χ1) is 9.45. The lowest BCUT2D eigenvalue weighted by atomic mass is 10.0. The highest BCUT2D eigenvalue weighted by molar-refractivity contribution is 5.89. The number of hydrogen-bond acceptors (Lipinski definition) is 3. The zero-order valence-corrected chi connectivity index (χ0v) is 12.8. The van der Waals surface area contributed by atoms with Crippen molar-refractivity contribution >= 4 is 11.8 Å². The van der Waals surface area contributed by atoms with E-state index in [1.807, 2.05) is 18.7 Å². The third-order valence-corrected chi connectivity index (χ3v) is 4.61. The van der Waals surface area contributed by atoms with Crippen LogP contribution in [0.3, 0.4) is 0 Å². The van der Waals surface area contributed by atoms with Gasteiger partial charge in [0.2, 0.25) is 11.8 Å². The monoisotopic (exact) mass is 281 g/mol. The number of likely N-dealkylation sites (tertiary alicyclic amines) is 2. The average Bonchev–Trinajstić information content (AvgIpc) is 2.96. The van der Waals surface area contributed by atoms with E-state index >= 15 is 0 Å². The molecule has 0 spiro atoms. The molecule has 2 heterocycles. The van der Waals surface area contributed by atoms with Gasteiger partial charge in [0.15, 0.2) is 0 Å². The van der Waals surface area contributed by atoms with Crippen LogP contribution in [-0.2, 0) is 9.59 Å². The van der Waals surface area contributed by atoms with E-state index in [4.69, 9.17) is 5.73 Å². The molecule has 0 aromatic heterocycles. The van der Waals surface area contributed by atoms with E-state index in [1.54, 1.807) is 4.90 Å². The van der Waals surface area contributed by atoms with Crippen molar-refractivity contribution in [3.05, 3.63) is 0 Å². The highest BCUT2D eigenvalue weighted by Gasteiger charge is 2.41. The Labute approximate surface area is 121 Å². The van der Waals surface area contributed by atoms with Crippen LogP contribution in [0.15, 0.2) is 0 Å². The Bertz CT molecular complexity index is 383. The number of amides is 2. The molecule has 0 radical (unpaired) electrons. The van der Waals surface area contributed by atoms with Crippen molar-refractivity contribution in [2.24, 2.45) is 17.6 Å². The molecule has 5 heteroatoms. The molecule has 3 unspecified atom stereocenters. The van der Waals surface area contributed by atoms with Crippen molar-refractivity contribution in [1.29, 1.82) is 0 Å². The maximum Gasteiger partial charge on any atom is 0.245 e. The van der Waals surface area contributed by atoms with Crippen molar-refractivity contribution in [1.82, 2.24) is 9.80 Å². The molecule has 3 atom stereocenters. The van der Waals surface area contributed by atoms with Gasteiger partial charge in [-0.05, 0) is 38.1 Å². The van der Waals surface area contributed by atoms with Gasteiger partial charge in [0.05, 0.1) is 0 Å². The van der Waals surface area contributed by atoms with Crippen LogP contribution in [0.1, 0.15) is 40.0 Å². The topological polar surface area (TPSA) is 66.6 Å². The molecule has 2 aliphatic heterocycles. The normalized spacial score (nSPS) is 28.6. The number of nitrogens with zero attached hydrogens (tertiary/aromatic N) is 2. The first-order valence-electron chi connectivity index (χ1n) is 7.75. The highest BCUT2D eigenvalue weighted by atomic mass is 16.2. The zero-order chi connectivity index (χ0) is 14.9. The van der Waals surface area contributed by atoms with Gasteiger partial charge in [-0.2, -0.15) is 0 Å². The van der Waals surface area contributed by atoms with E-state index < -0.39 is 0 Å². The number of carbonyl (C=O) groups excluding carboxylic acids is 2. The van der Waals surface area contributed by atoms with Crippen LogP contribution in [0.25, 0.3) is 0 Å². The van der Waals surface area contributed by atoms with E-state index in [-0.39, 0.29) is 29.8 Å². The molecule has 114 valence electrons. The second-order valence-electron chi connectivity index (χ2n) is 6.56. The lowest BCUT2D eigenvalue weighted by Gasteiger charge is -2.34. The summed E-state index contributed by atoms with van der Waals surface area (Å²) in [6.07, 6.45) is 2.43. The number of carbonyl (C=O) groups is 2. The van der Waals surface area contributed by atoms with Gasteiger partial charge in [0.25, 0.3) is 0 Å². The van der Waals surface area contributed by atoms with E-state index in [2.05, 4.69) is 6.92 Å². The minimum atomic E-state index is -0.302. The lowest BCUT2D eigenvalue weighted by Crippen LogP contribution is -2.52. The smallest absolute Gasteiger partial charge is 0.245 e. The van der Waals surface area contributed by atoms with Gasteiger partial charge in [0, 0.05) is 25.6 Å². The molecule has 20 heavy (non-hydrogen) atoms. The van der Waals surface area contributed by atoms with E-state index in [0.29, 0.717) is 18.9 Å². The quantitative estimate of drug-likeness (QED) is 0.830. The van der Waals surface area contributed by atoms with Crippen LogP contribution < -0.4 is 5.73 Å². The molecule has 0 aromatic rings. The van der Waals surface area contributed by atoms with Gasteiger partial charge >= 0.3 is 0 Å². The van der Waals surface area contributed by atoms with Gasteiger partial charge in [-0.25, -0.2) is 0 Å². The van der Waals surface area contributed by atoms with Crippen molar-refractivity contribution in [2.45, 2.75) is 52.1 Å². The molecule has 2 N–H and O–H groups in total. The molecule has 2 fully saturated rings. The SMILES string of the molecule is CC(C)C(C(=O)N1CC(CN)CC1C)N1CCCC1=O. The van der Waals surface area contributed by atoms with Crippen LogP contribution in [-0.4, -0.2) is 53.3 Å². The van der Waals surface area contributed by atoms with Crippen LogP contribution in [0.2, 0.25) is 0 Å². The molecule has 2 saturated heterocycles. The van der Waals surface area contributed by atoms with Crippen LogP contribution in [0.4, 0.5) is 0 Å². The summed E-state index contributed by atoms with van der Waals surface area (Å²) >= 11 is 0. The molecule has 2 amide bonds. The van der Waals surface area contributed by atoms with Crippen molar-refractivity contribution in [3.8, 4) is 0 Å². The van der Waals surface area contributed by atoms with Gasteiger partial charge in [-0.1, -0.05) is 13.8 Å². The molecule has 2 aliphatic rings. The maximum absolute atomic E-state index is 12.9. The summed E-state index contributed by atoms with van der Waals surface area (Å²) in [6, 6.07) is -0.0704. The summed E-state index contributed by atoms with van der Waals surface area (Å²) < 4.78 is 0. The second-order valence-corrected chi connectivity index (χ2v) is 6.56. The summed E-state index contributed by atoms with van der Waals surface area (Å²) in [5.74, 6) is 0.780. The molecule has 0 aliphatic carbocycles. The number of hydrogen-bond donors (Lipinski definition) is 1. The zero-order valence-electron chi connectivity index (χ0n) is 12.8. The molecule has 2 rings (SSSR count). The minimum absolute atomic E-state index is 0.110. The summed E-state index contributed by atoms with van der Waals surface area (Å²) in [5, 5.41) is 0. The van der Waals surface area contributed by atoms with Gasteiger partial charge in [0.1, 0.15) is 6.04 Å². The highest BCUT2D eigenvalue weighted by Crippen LogP contribution is 2.27. The van der Waals surface area contributed by atoms with Crippen molar-refractivity contribution in [2.75, 3.05) is 19.6 Å². The Kier molecular flexibility index (Phi) is 4.68. The molecular weight excluding hydrogens is 254 g/mol. The summed E-state index contributed by atoms with van der Waals surface area (Å²) in [5.41, 5.74) is 5.74. The van der Waals surface area contributed by atoms with Crippen molar-refractivity contribution < 1.29 is 9.59 Å². The van der Waals surface area contributed by atoms with Crippen LogP contribution in [0, 0.1) is 11.8 Å². The number of rotatable bonds is 4. The standard InChI is InChI=1S/C15H27N3O2/c1-10(2)14(17-6-4-5-13(17)19)15(20)18-9-12(8-16)7-11(18)3/h10-12,14H,4-9,16H2,1-3H3. The fourth-order valence-corrected chi connectivity index (χ4v) is 3.53. The van der Waals surface area contributed by atoms with E-state index in [9.17, 15) is 9.59 Å². The van der Waals surface area contributed by atoms with E-state index in [0.717, 1.165) is 25.9 Å². The third-order valence-electron chi connectivity index (χ3n) is 4.61. The summed E-state index contributed by atoms with van der Waals surface area (Å²) in [6.45, 7) is 8.21. The molecule has 0 aromatic carbocycles. The molecule has 0 bridgehead atoms. The summed E-state index contributed by atoms with van der Waals surface area (Å²) in [7, 11) is 0. The maximum atomic E-state index is 12.9. The minimum Gasteiger partial charge on any atom is -0.338 e. The Hall–Kier alpha value is -1.10. The summed E-state index contributed by atoms with van der Waals surface area (Å²) in [4.78, 5) is 28.6. The first-order valence-corrected chi connectivity index (χ1v) is 7.75. The van der Waals surface area contributed by atoms with Gasteiger partial charge < -0.3 is 15.5 Å². The molecule has 5 nitrogen and oxygen atoms in total. The third kappa shape index (κ3) is 2.82. The van der Waals surface area contributed by atoms with Crippen LogP contribution >= 0.6 is 0 Å². The van der Waals surface area contributed by atoms with E-state index in [1.165, 1.54) is 0 Å². The lowest BCUT2D eigenvalue weighted by molar-refractivity contribution is -0.145. The Morgan fingerprint density at radius 2 is 2.15 bits per heavy atom. The second kappa shape index (κ2) is 6.12. The fraction of sp³-hybridized carbons (Fsp3) is 0.867.